The molecular weight excluding hydrogens is 321 g/mol. The fourth-order valence-corrected chi connectivity index (χ4v) is 1.89. The van der Waals surface area contributed by atoms with Crippen molar-refractivity contribution < 1.29 is 22.8 Å². The van der Waals surface area contributed by atoms with Crippen molar-refractivity contribution in [3.63, 3.8) is 0 Å². The summed E-state index contributed by atoms with van der Waals surface area (Å²) >= 11 is 0. The summed E-state index contributed by atoms with van der Waals surface area (Å²) in [5.41, 5.74) is -0.106. The molecule has 124 valence electrons. The molecule has 0 radical (unpaired) electrons. The number of nitrogens with one attached hydrogen (secondary N) is 2. The molecule has 7 heteroatoms. The van der Waals surface area contributed by atoms with Gasteiger partial charge in [0.1, 0.15) is 17.5 Å². The lowest BCUT2D eigenvalue weighted by molar-refractivity contribution is -0.114. The zero-order chi connectivity index (χ0) is 17.7. The Labute approximate surface area is 136 Å². The molecule has 2 rings (SSSR count). The lowest BCUT2D eigenvalue weighted by Crippen LogP contribution is -2.12. The van der Waals surface area contributed by atoms with Gasteiger partial charge in [0.05, 0.1) is 11.4 Å². The van der Waals surface area contributed by atoms with E-state index in [0.717, 1.165) is 12.1 Å². The second-order valence-electron chi connectivity index (χ2n) is 4.87. The van der Waals surface area contributed by atoms with Crippen LogP contribution in [-0.4, -0.2) is 11.8 Å². The molecule has 0 aromatic heterocycles. The summed E-state index contributed by atoms with van der Waals surface area (Å²) in [5.74, 6) is -3.64. The van der Waals surface area contributed by atoms with E-state index >= 15 is 0 Å². The van der Waals surface area contributed by atoms with Crippen LogP contribution in [-0.2, 0) is 9.59 Å². The molecule has 2 amide bonds. The van der Waals surface area contributed by atoms with Gasteiger partial charge in [-0.25, -0.2) is 13.2 Å². The van der Waals surface area contributed by atoms with Crippen LogP contribution < -0.4 is 10.6 Å². The van der Waals surface area contributed by atoms with Gasteiger partial charge in [0, 0.05) is 19.1 Å². The zero-order valence-electron chi connectivity index (χ0n) is 12.6. The first-order valence-corrected chi connectivity index (χ1v) is 6.86. The van der Waals surface area contributed by atoms with Crippen LogP contribution in [0, 0.1) is 17.5 Å². The van der Waals surface area contributed by atoms with Crippen molar-refractivity contribution in [2.45, 2.75) is 6.92 Å². The molecule has 0 unspecified atom stereocenters. The molecule has 24 heavy (non-hydrogen) atoms. The summed E-state index contributed by atoms with van der Waals surface area (Å²) in [6.07, 6.45) is 2.42. The van der Waals surface area contributed by atoms with E-state index < -0.39 is 29.3 Å². The van der Waals surface area contributed by atoms with Crippen LogP contribution >= 0.6 is 0 Å². The van der Waals surface area contributed by atoms with E-state index in [1.54, 1.807) is 6.07 Å². The van der Waals surface area contributed by atoms with Gasteiger partial charge >= 0.3 is 0 Å². The maximum absolute atomic E-state index is 13.7. The van der Waals surface area contributed by atoms with Crippen molar-refractivity contribution in [2.75, 3.05) is 10.6 Å². The van der Waals surface area contributed by atoms with E-state index in [9.17, 15) is 22.8 Å². The predicted octanol–water partition coefficient (Wildman–Crippen LogP) is 3.71. The Morgan fingerprint density at radius 2 is 1.62 bits per heavy atom. The smallest absolute Gasteiger partial charge is 0.248 e. The molecular formula is C17H13F3N2O2. The van der Waals surface area contributed by atoms with Crippen LogP contribution in [0.1, 0.15) is 12.5 Å². The minimum absolute atomic E-state index is 0.256. The van der Waals surface area contributed by atoms with Gasteiger partial charge < -0.3 is 10.6 Å². The Morgan fingerprint density at radius 1 is 0.958 bits per heavy atom. The Hall–Kier alpha value is -3.09. The standard InChI is InChI=1S/C17H13F3N2O2/c1-10(23)21-15-9-16(14(20)8-13(15)19)22-17(24)6-5-11-3-2-4-12(18)7-11/h2-9H,1H3,(H,21,23)(H,22,24)/b6-5+. The number of rotatable bonds is 4. The number of carbonyl (C=O) groups excluding carboxylic acids is 2. The first kappa shape index (κ1) is 17.3. The Morgan fingerprint density at radius 3 is 2.25 bits per heavy atom. The Kier molecular flexibility index (Phi) is 5.36. The summed E-state index contributed by atoms with van der Waals surface area (Å²) in [5, 5.41) is 4.41. The van der Waals surface area contributed by atoms with Crippen molar-refractivity contribution in [2.24, 2.45) is 0 Å². The van der Waals surface area contributed by atoms with Gasteiger partial charge in [-0.3, -0.25) is 9.59 Å². The van der Waals surface area contributed by atoms with Gasteiger partial charge in [0.2, 0.25) is 11.8 Å². The van der Waals surface area contributed by atoms with E-state index in [1.165, 1.54) is 31.2 Å². The number of hydrogen-bond acceptors (Lipinski definition) is 2. The second kappa shape index (κ2) is 7.45. The number of hydrogen-bond donors (Lipinski definition) is 2. The third-order valence-electron chi connectivity index (χ3n) is 2.90. The number of amides is 2. The van der Waals surface area contributed by atoms with Crippen LogP contribution in [0.25, 0.3) is 6.08 Å². The van der Waals surface area contributed by atoms with Gasteiger partial charge in [-0.2, -0.15) is 0 Å². The summed E-state index contributed by atoms with van der Waals surface area (Å²) < 4.78 is 40.2. The fourth-order valence-electron chi connectivity index (χ4n) is 1.89. The van der Waals surface area contributed by atoms with Gasteiger partial charge in [-0.15, -0.1) is 0 Å². The van der Waals surface area contributed by atoms with Gasteiger partial charge in [0.15, 0.2) is 0 Å². The summed E-state index contributed by atoms with van der Waals surface area (Å²) in [7, 11) is 0. The molecule has 0 saturated carbocycles. The molecule has 0 saturated heterocycles. The molecule has 2 aromatic carbocycles. The maximum atomic E-state index is 13.7. The third kappa shape index (κ3) is 4.70. The highest BCUT2D eigenvalue weighted by molar-refractivity contribution is 6.02. The minimum Gasteiger partial charge on any atom is -0.324 e. The summed E-state index contributed by atoms with van der Waals surface area (Å²) in [6, 6.07) is 7.07. The van der Waals surface area contributed by atoms with Gasteiger partial charge in [-0.05, 0) is 29.8 Å². The molecule has 0 aliphatic rings. The van der Waals surface area contributed by atoms with E-state index in [0.29, 0.717) is 11.6 Å². The number of carbonyl (C=O) groups is 2. The van der Waals surface area contributed by atoms with Gasteiger partial charge in [-0.1, -0.05) is 12.1 Å². The van der Waals surface area contributed by atoms with E-state index in [-0.39, 0.29) is 11.4 Å². The van der Waals surface area contributed by atoms with Crippen LogP contribution in [0.5, 0.6) is 0 Å². The Bertz CT molecular complexity index is 819. The zero-order valence-corrected chi connectivity index (χ0v) is 12.6. The molecule has 0 fully saturated rings. The van der Waals surface area contributed by atoms with Crippen molar-refractivity contribution in [1.82, 2.24) is 0 Å². The molecule has 0 aliphatic heterocycles. The van der Waals surface area contributed by atoms with Crippen molar-refractivity contribution >= 4 is 29.3 Å². The van der Waals surface area contributed by atoms with Gasteiger partial charge in [0.25, 0.3) is 0 Å². The average molecular weight is 334 g/mol. The van der Waals surface area contributed by atoms with Crippen LogP contribution in [0.15, 0.2) is 42.5 Å². The lowest BCUT2D eigenvalue weighted by atomic mass is 10.2. The molecule has 4 nitrogen and oxygen atoms in total. The highest BCUT2D eigenvalue weighted by Gasteiger charge is 2.12. The van der Waals surface area contributed by atoms with Crippen LogP contribution in [0.3, 0.4) is 0 Å². The highest BCUT2D eigenvalue weighted by Crippen LogP contribution is 2.23. The predicted molar refractivity (Wildman–Crippen MR) is 84.7 cm³/mol. The van der Waals surface area contributed by atoms with E-state index in [2.05, 4.69) is 10.6 Å². The van der Waals surface area contributed by atoms with E-state index in [1.807, 2.05) is 0 Å². The molecule has 0 heterocycles. The molecule has 2 N–H and O–H groups in total. The largest absolute Gasteiger partial charge is 0.324 e. The third-order valence-corrected chi connectivity index (χ3v) is 2.90. The average Bonchev–Trinajstić information content (AvgIpc) is 2.49. The molecule has 2 aromatic rings. The highest BCUT2D eigenvalue weighted by atomic mass is 19.1. The Balaban J connectivity index is 2.15. The first-order valence-electron chi connectivity index (χ1n) is 6.86. The van der Waals surface area contributed by atoms with Crippen molar-refractivity contribution in [3.05, 3.63) is 65.5 Å². The quantitative estimate of drug-likeness (QED) is 0.838. The fraction of sp³-hybridized carbons (Fsp3) is 0.0588. The van der Waals surface area contributed by atoms with Crippen molar-refractivity contribution in [1.29, 1.82) is 0 Å². The normalized spacial score (nSPS) is 10.7. The van der Waals surface area contributed by atoms with Crippen LogP contribution in [0.2, 0.25) is 0 Å². The SMILES string of the molecule is CC(=O)Nc1cc(NC(=O)/C=C/c2cccc(F)c2)c(F)cc1F. The minimum atomic E-state index is -0.992. The monoisotopic (exact) mass is 334 g/mol. The first-order chi connectivity index (χ1) is 11.3. The topological polar surface area (TPSA) is 58.2 Å². The van der Waals surface area contributed by atoms with Crippen molar-refractivity contribution in [3.8, 4) is 0 Å². The number of benzene rings is 2. The lowest BCUT2D eigenvalue weighted by Gasteiger charge is -2.09. The number of halogens is 3. The second-order valence-corrected chi connectivity index (χ2v) is 4.87. The molecule has 0 spiro atoms. The maximum Gasteiger partial charge on any atom is 0.248 e. The molecule has 0 atom stereocenters. The molecule has 0 aliphatic carbocycles. The summed E-state index contributed by atoms with van der Waals surface area (Å²) in [6.45, 7) is 1.17. The van der Waals surface area contributed by atoms with Crippen LogP contribution in [0.4, 0.5) is 24.5 Å². The number of anilines is 2. The summed E-state index contributed by atoms with van der Waals surface area (Å²) in [4.78, 5) is 22.8. The van der Waals surface area contributed by atoms with E-state index in [4.69, 9.17) is 0 Å². The molecule has 0 bridgehead atoms.